The van der Waals surface area contributed by atoms with Crippen molar-refractivity contribution in [3.8, 4) is 11.5 Å². The number of benzene rings is 1. The van der Waals surface area contributed by atoms with Crippen molar-refractivity contribution in [2.24, 2.45) is 0 Å². The Morgan fingerprint density at radius 3 is 2.35 bits per heavy atom. The Morgan fingerprint density at radius 1 is 1.10 bits per heavy atom. The fraction of sp³-hybridized carbons (Fsp3) is 0.571. The Kier molecular flexibility index (Phi) is 6.64. The number of hydrogen-bond donors (Lipinski definition) is 1. The fourth-order valence-electron chi connectivity index (χ4n) is 1.58. The molecule has 0 heterocycles. The standard InChI is InChI=1S/C14H20F3NO2/c1-11(2)18-9-5-6-10-19-12-7-3-4-8-13(12)20-14(15,16)17/h3-4,7-8,11,18H,5-6,9-10H2,1-2H3. The first-order chi connectivity index (χ1) is 9.38. The highest BCUT2D eigenvalue weighted by molar-refractivity contribution is 5.39. The Labute approximate surface area is 117 Å². The molecule has 0 aliphatic rings. The maximum absolute atomic E-state index is 12.2. The second-order valence-electron chi connectivity index (χ2n) is 4.66. The predicted molar refractivity (Wildman–Crippen MR) is 71.0 cm³/mol. The van der Waals surface area contributed by atoms with E-state index in [1.54, 1.807) is 6.07 Å². The summed E-state index contributed by atoms with van der Waals surface area (Å²) in [6.07, 6.45) is -3.04. The summed E-state index contributed by atoms with van der Waals surface area (Å²) in [5.74, 6) is -0.193. The molecule has 0 saturated carbocycles. The quantitative estimate of drug-likeness (QED) is 0.740. The second kappa shape index (κ2) is 7.99. The molecule has 20 heavy (non-hydrogen) atoms. The van der Waals surface area contributed by atoms with Gasteiger partial charge in [-0.25, -0.2) is 0 Å². The predicted octanol–water partition coefficient (Wildman–Crippen LogP) is 3.74. The topological polar surface area (TPSA) is 30.5 Å². The van der Waals surface area contributed by atoms with Crippen molar-refractivity contribution >= 4 is 0 Å². The van der Waals surface area contributed by atoms with E-state index in [4.69, 9.17) is 4.74 Å². The summed E-state index contributed by atoms with van der Waals surface area (Å²) in [5, 5.41) is 3.26. The van der Waals surface area contributed by atoms with Gasteiger partial charge in [0, 0.05) is 6.04 Å². The third kappa shape index (κ3) is 7.23. The molecule has 6 heteroatoms. The van der Waals surface area contributed by atoms with Crippen molar-refractivity contribution in [3.05, 3.63) is 24.3 Å². The minimum atomic E-state index is -4.71. The maximum Gasteiger partial charge on any atom is 0.573 e. The van der Waals surface area contributed by atoms with Crippen molar-refractivity contribution in [1.82, 2.24) is 5.32 Å². The normalized spacial score (nSPS) is 11.7. The minimum Gasteiger partial charge on any atom is -0.490 e. The van der Waals surface area contributed by atoms with Crippen LogP contribution in [0.4, 0.5) is 13.2 Å². The van der Waals surface area contributed by atoms with Gasteiger partial charge in [0.05, 0.1) is 6.61 Å². The number of alkyl halides is 3. The number of rotatable bonds is 8. The van der Waals surface area contributed by atoms with Crippen LogP contribution in [0, 0.1) is 0 Å². The Balaban J connectivity index is 2.36. The lowest BCUT2D eigenvalue weighted by Gasteiger charge is -2.14. The van der Waals surface area contributed by atoms with Crippen molar-refractivity contribution in [1.29, 1.82) is 0 Å². The molecule has 0 radical (unpaired) electrons. The van der Waals surface area contributed by atoms with E-state index in [-0.39, 0.29) is 11.5 Å². The van der Waals surface area contributed by atoms with E-state index in [9.17, 15) is 13.2 Å². The van der Waals surface area contributed by atoms with Crippen LogP contribution in [0.1, 0.15) is 26.7 Å². The second-order valence-corrected chi connectivity index (χ2v) is 4.66. The number of nitrogens with one attached hydrogen (secondary N) is 1. The van der Waals surface area contributed by atoms with Crippen LogP contribution in [-0.4, -0.2) is 25.6 Å². The van der Waals surface area contributed by atoms with Crippen LogP contribution in [0.5, 0.6) is 11.5 Å². The molecule has 0 atom stereocenters. The third-order valence-corrected chi connectivity index (χ3v) is 2.46. The number of ether oxygens (including phenoxy) is 2. The van der Waals surface area contributed by atoms with Gasteiger partial charge in [0.2, 0.25) is 0 Å². The first-order valence-corrected chi connectivity index (χ1v) is 6.59. The molecule has 0 spiro atoms. The summed E-state index contributed by atoms with van der Waals surface area (Å²) in [5.41, 5.74) is 0. The molecular formula is C14H20F3NO2. The SMILES string of the molecule is CC(C)NCCCCOc1ccccc1OC(F)(F)F. The first-order valence-electron chi connectivity index (χ1n) is 6.59. The van der Waals surface area contributed by atoms with Crippen molar-refractivity contribution in [3.63, 3.8) is 0 Å². The lowest BCUT2D eigenvalue weighted by molar-refractivity contribution is -0.275. The number of unbranched alkanes of at least 4 members (excludes halogenated alkanes) is 1. The third-order valence-electron chi connectivity index (χ3n) is 2.46. The van der Waals surface area contributed by atoms with Gasteiger partial charge in [-0.1, -0.05) is 26.0 Å². The smallest absolute Gasteiger partial charge is 0.490 e. The molecule has 0 aliphatic heterocycles. The zero-order chi connectivity index (χ0) is 15.0. The average Bonchev–Trinajstić information content (AvgIpc) is 2.33. The van der Waals surface area contributed by atoms with Crippen molar-refractivity contribution in [2.75, 3.05) is 13.2 Å². The molecule has 0 unspecified atom stereocenters. The molecule has 0 bridgehead atoms. The van der Waals surface area contributed by atoms with Crippen LogP contribution < -0.4 is 14.8 Å². The molecule has 3 nitrogen and oxygen atoms in total. The highest BCUT2D eigenvalue weighted by Gasteiger charge is 2.32. The fourth-order valence-corrected chi connectivity index (χ4v) is 1.58. The van der Waals surface area contributed by atoms with Crippen LogP contribution in [0.25, 0.3) is 0 Å². The van der Waals surface area contributed by atoms with Crippen LogP contribution in [0.15, 0.2) is 24.3 Å². The number of hydrogen-bond acceptors (Lipinski definition) is 3. The van der Waals surface area contributed by atoms with E-state index in [1.165, 1.54) is 18.2 Å². The van der Waals surface area contributed by atoms with Crippen LogP contribution >= 0.6 is 0 Å². The first kappa shape index (κ1) is 16.6. The molecular weight excluding hydrogens is 271 g/mol. The summed E-state index contributed by atoms with van der Waals surface area (Å²) in [6, 6.07) is 6.22. The van der Waals surface area contributed by atoms with Gasteiger partial charge in [0.1, 0.15) is 0 Å². The van der Waals surface area contributed by atoms with Crippen molar-refractivity contribution < 1.29 is 22.6 Å². The highest BCUT2D eigenvalue weighted by Crippen LogP contribution is 2.31. The van der Waals surface area contributed by atoms with Gasteiger partial charge in [-0.15, -0.1) is 13.2 Å². The van der Waals surface area contributed by atoms with E-state index in [1.807, 2.05) is 0 Å². The van der Waals surface area contributed by atoms with Gasteiger partial charge >= 0.3 is 6.36 Å². The largest absolute Gasteiger partial charge is 0.573 e. The molecule has 1 aromatic carbocycles. The summed E-state index contributed by atoms with van der Waals surface area (Å²) >= 11 is 0. The molecule has 1 rings (SSSR count). The zero-order valence-corrected chi connectivity index (χ0v) is 11.7. The van der Waals surface area contributed by atoms with Gasteiger partial charge in [0.15, 0.2) is 11.5 Å². The zero-order valence-electron chi connectivity index (χ0n) is 11.7. The Bertz CT molecular complexity index is 394. The van der Waals surface area contributed by atoms with Gasteiger partial charge in [-0.05, 0) is 31.5 Å². The molecule has 0 amide bonds. The number of halogens is 3. The molecule has 1 N–H and O–H groups in total. The Morgan fingerprint density at radius 2 is 1.75 bits per heavy atom. The minimum absolute atomic E-state index is 0.113. The van der Waals surface area contributed by atoms with E-state index in [0.717, 1.165) is 19.4 Å². The highest BCUT2D eigenvalue weighted by atomic mass is 19.4. The van der Waals surface area contributed by atoms with Gasteiger partial charge in [-0.2, -0.15) is 0 Å². The Hall–Kier alpha value is -1.43. The van der Waals surface area contributed by atoms with E-state index in [2.05, 4.69) is 23.9 Å². The van der Waals surface area contributed by atoms with Gasteiger partial charge in [-0.3, -0.25) is 0 Å². The van der Waals surface area contributed by atoms with Crippen LogP contribution in [0.3, 0.4) is 0 Å². The molecule has 0 aliphatic carbocycles. The van der Waals surface area contributed by atoms with Crippen LogP contribution in [0.2, 0.25) is 0 Å². The van der Waals surface area contributed by atoms with Crippen LogP contribution in [-0.2, 0) is 0 Å². The molecule has 0 saturated heterocycles. The number of para-hydroxylation sites is 2. The summed E-state index contributed by atoms with van der Waals surface area (Å²) < 4.78 is 45.8. The molecule has 114 valence electrons. The van der Waals surface area contributed by atoms with E-state index >= 15 is 0 Å². The van der Waals surface area contributed by atoms with Crippen molar-refractivity contribution in [2.45, 2.75) is 39.1 Å². The lowest BCUT2D eigenvalue weighted by Crippen LogP contribution is -2.23. The van der Waals surface area contributed by atoms with E-state index in [0.29, 0.717) is 12.6 Å². The monoisotopic (exact) mass is 291 g/mol. The molecule has 0 aromatic heterocycles. The summed E-state index contributed by atoms with van der Waals surface area (Å²) in [6.45, 7) is 5.34. The van der Waals surface area contributed by atoms with E-state index < -0.39 is 6.36 Å². The van der Waals surface area contributed by atoms with Gasteiger partial charge in [0.25, 0.3) is 0 Å². The maximum atomic E-state index is 12.2. The summed E-state index contributed by atoms with van der Waals surface area (Å²) in [4.78, 5) is 0. The molecule has 1 aromatic rings. The molecule has 0 fully saturated rings. The average molecular weight is 291 g/mol. The summed E-state index contributed by atoms with van der Waals surface area (Å²) in [7, 11) is 0. The van der Waals surface area contributed by atoms with Gasteiger partial charge < -0.3 is 14.8 Å². The lowest BCUT2D eigenvalue weighted by atomic mass is 10.3.